The molecular weight excluding hydrogens is 232 g/mol. The molecule has 0 aliphatic carbocycles. The Morgan fingerprint density at radius 3 is 3.11 bits per heavy atom. The van der Waals surface area contributed by atoms with Gasteiger partial charge in [-0.25, -0.2) is 4.52 Å². The van der Waals surface area contributed by atoms with Crippen LogP contribution in [-0.4, -0.2) is 31.3 Å². The fourth-order valence-electron chi connectivity index (χ4n) is 1.70. The number of nitrogens with one attached hydrogen (secondary N) is 1. The molecule has 0 atom stereocenters. The molecule has 3 heterocycles. The molecule has 0 saturated heterocycles. The minimum atomic E-state index is 0.599. The summed E-state index contributed by atoms with van der Waals surface area (Å²) in [7, 11) is 0. The maximum Gasteiger partial charge on any atom is 0.243 e. The highest BCUT2D eigenvalue weighted by Gasteiger charge is 2.05. The van der Waals surface area contributed by atoms with Crippen molar-refractivity contribution in [3.05, 3.63) is 36.1 Å². The number of rotatable bonds is 4. The van der Waals surface area contributed by atoms with Crippen LogP contribution in [0.15, 0.2) is 29.0 Å². The first-order valence-electron chi connectivity index (χ1n) is 5.65. The first-order chi connectivity index (χ1) is 8.83. The number of anilines is 1. The van der Waals surface area contributed by atoms with E-state index in [-0.39, 0.29) is 0 Å². The Morgan fingerprint density at radius 2 is 2.33 bits per heavy atom. The van der Waals surface area contributed by atoms with E-state index in [0.29, 0.717) is 24.8 Å². The van der Waals surface area contributed by atoms with Crippen LogP contribution in [0, 0.1) is 6.92 Å². The van der Waals surface area contributed by atoms with Crippen molar-refractivity contribution in [1.29, 1.82) is 0 Å². The van der Waals surface area contributed by atoms with Crippen LogP contribution in [0.25, 0.3) is 5.65 Å². The van der Waals surface area contributed by atoms with E-state index in [0.717, 1.165) is 11.3 Å². The van der Waals surface area contributed by atoms with Crippen LogP contribution in [0.2, 0.25) is 0 Å². The van der Waals surface area contributed by atoms with E-state index in [4.69, 9.17) is 4.52 Å². The molecule has 18 heavy (non-hydrogen) atoms. The van der Waals surface area contributed by atoms with Gasteiger partial charge in [-0.3, -0.25) is 0 Å². The molecule has 3 rings (SSSR count). The summed E-state index contributed by atoms with van der Waals surface area (Å²) in [5, 5.41) is 11.0. The molecule has 0 bridgehead atoms. The molecule has 0 aliphatic rings. The number of pyridine rings is 1. The summed E-state index contributed by atoms with van der Waals surface area (Å²) in [4.78, 5) is 8.31. The molecule has 3 aromatic rings. The Balaban J connectivity index is 1.69. The van der Waals surface area contributed by atoms with Crippen LogP contribution in [0.5, 0.6) is 0 Å². The van der Waals surface area contributed by atoms with Crippen molar-refractivity contribution < 1.29 is 4.52 Å². The summed E-state index contributed by atoms with van der Waals surface area (Å²) in [6.45, 7) is 2.64. The molecule has 1 N–H and O–H groups in total. The molecule has 7 heteroatoms. The van der Waals surface area contributed by atoms with Gasteiger partial charge in [0.05, 0.1) is 0 Å². The average Bonchev–Trinajstić information content (AvgIpc) is 2.98. The van der Waals surface area contributed by atoms with Crippen LogP contribution >= 0.6 is 0 Å². The van der Waals surface area contributed by atoms with Crippen molar-refractivity contribution in [2.24, 2.45) is 0 Å². The zero-order valence-corrected chi connectivity index (χ0v) is 9.87. The summed E-state index contributed by atoms with van der Waals surface area (Å²) in [6, 6.07) is 5.87. The van der Waals surface area contributed by atoms with E-state index in [2.05, 4.69) is 25.5 Å². The van der Waals surface area contributed by atoms with Gasteiger partial charge >= 0.3 is 0 Å². The van der Waals surface area contributed by atoms with E-state index in [1.54, 1.807) is 4.52 Å². The third kappa shape index (κ3) is 2.02. The SMILES string of the molecule is Cc1cccc2nc(NCCc3ncno3)nn12. The highest BCUT2D eigenvalue weighted by atomic mass is 16.5. The van der Waals surface area contributed by atoms with Crippen LogP contribution in [0.4, 0.5) is 5.95 Å². The first-order valence-corrected chi connectivity index (χ1v) is 5.65. The molecule has 7 nitrogen and oxygen atoms in total. The van der Waals surface area contributed by atoms with Gasteiger partial charge in [-0.05, 0) is 19.1 Å². The average molecular weight is 244 g/mol. The Morgan fingerprint density at radius 1 is 1.39 bits per heavy atom. The molecule has 0 aliphatic heterocycles. The monoisotopic (exact) mass is 244 g/mol. The number of aromatic nitrogens is 5. The highest BCUT2D eigenvalue weighted by molar-refractivity contribution is 5.44. The molecule has 0 radical (unpaired) electrons. The summed E-state index contributed by atoms with van der Waals surface area (Å²) in [6.07, 6.45) is 2.04. The van der Waals surface area contributed by atoms with Gasteiger partial charge in [-0.15, -0.1) is 5.10 Å². The zero-order chi connectivity index (χ0) is 12.4. The van der Waals surface area contributed by atoms with Crippen molar-refractivity contribution >= 4 is 11.6 Å². The minimum absolute atomic E-state index is 0.599. The quantitative estimate of drug-likeness (QED) is 0.739. The number of hydrogen-bond donors (Lipinski definition) is 1. The van der Waals surface area contributed by atoms with Crippen molar-refractivity contribution in [3.8, 4) is 0 Å². The summed E-state index contributed by atoms with van der Waals surface area (Å²) in [5.74, 6) is 1.20. The Kier molecular flexibility index (Phi) is 2.64. The van der Waals surface area contributed by atoms with Gasteiger partial charge in [0.1, 0.15) is 0 Å². The number of fused-ring (bicyclic) bond motifs is 1. The van der Waals surface area contributed by atoms with E-state index in [1.165, 1.54) is 6.33 Å². The second-order valence-corrected chi connectivity index (χ2v) is 3.88. The van der Waals surface area contributed by atoms with Crippen LogP contribution < -0.4 is 5.32 Å². The van der Waals surface area contributed by atoms with Gasteiger partial charge in [0.15, 0.2) is 12.0 Å². The van der Waals surface area contributed by atoms with Gasteiger partial charge in [-0.2, -0.15) is 9.97 Å². The van der Waals surface area contributed by atoms with Crippen molar-refractivity contribution in [2.75, 3.05) is 11.9 Å². The van der Waals surface area contributed by atoms with Gasteiger partial charge in [-0.1, -0.05) is 11.2 Å². The third-order valence-corrected chi connectivity index (χ3v) is 2.58. The molecule has 0 aromatic carbocycles. The first kappa shape index (κ1) is 10.7. The molecule has 0 unspecified atom stereocenters. The number of nitrogens with zero attached hydrogens (tertiary/aromatic N) is 5. The maximum absolute atomic E-state index is 4.90. The van der Waals surface area contributed by atoms with Crippen molar-refractivity contribution in [3.63, 3.8) is 0 Å². The summed E-state index contributed by atoms with van der Waals surface area (Å²) < 4.78 is 6.70. The maximum atomic E-state index is 4.90. The van der Waals surface area contributed by atoms with Crippen molar-refractivity contribution in [2.45, 2.75) is 13.3 Å². The molecular formula is C11H12N6O. The highest BCUT2D eigenvalue weighted by Crippen LogP contribution is 2.07. The predicted octanol–water partition coefficient (Wildman–Crippen LogP) is 1.08. The van der Waals surface area contributed by atoms with Gasteiger partial charge in [0.2, 0.25) is 11.8 Å². The fourth-order valence-corrected chi connectivity index (χ4v) is 1.70. The lowest BCUT2D eigenvalue weighted by Gasteiger charge is -1.97. The third-order valence-electron chi connectivity index (χ3n) is 2.58. The summed E-state index contributed by atoms with van der Waals surface area (Å²) in [5.41, 5.74) is 1.88. The summed E-state index contributed by atoms with van der Waals surface area (Å²) >= 11 is 0. The van der Waals surface area contributed by atoms with Crippen molar-refractivity contribution in [1.82, 2.24) is 24.7 Å². The lowest BCUT2D eigenvalue weighted by Crippen LogP contribution is -2.06. The molecule has 3 aromatic heterocycles. The number of hydrogen-bond acceptors (Lipinski definition) is 6. The Labute approximate surface area is 103 Å². The van der Waals surface area contributed by atoms with Crippen LogP contribution in [0.3, 0.4) is 0 Å². The zero-order valence-electron chi connectivity index (χ0n) is 9.87. The second kappa shape index (κ2) is 4.44. The van der Waals surface area contributed by atoms with E-state index >= 15 is 0 Å². The van der Waals surface area contributed by atoms with Gasteiger partial charge in [0.25, 0.3) is 0 Å². The predicted molar refractivity (Wildman–Crippen MR) is 64.2 cm³/mol. The topological polar surface area (TPSA) is 81.1 Å². The number of aryl methyl sites for hydroxylation is 1. The molecule has 0 fully saturated rings. The Hall–Kier alpha value is -2.44. The van der Waals surface area contributed by atoms with E-state index in [9.17, 15) is 0 Å². The molecule has 92 valence electrons. The smallest absolute Gasteiger partial charge is 0.243 e. The lowest BCUT2D eigenvalue weighted by molar-refractivity contribution is 0.379. The molecule has 0 spiro atoms. The van der Waals surface area contributed by atoms with E-state index < -0.39 is 0 Å². The van der Waals surface area contributed by atoms with E-state index in [1.807, 2.05) is 25.1 Å². The lowest BCUT2D eigenvalue weighted by atomic mass is 10.4. The molecule has 0 saturated carbocycles. The molecule has 0 amide bonds. The van der Waals surface area contributed by atoms with Crippen LogP contribution in [-0.2, 0) is 6.42 Å². The Bertz CT molecular complexity index is 645. The normalized spacial score (nSPS) is 10.9. The van der Waals surface area contributed by atoms with Gasteiger partial charge < -0.3 is 9.84 Å². The minimum Gasteiger partial charge on any atom is -0.352 e. The standard InChI is InChI=1S/C11H12N6O/c1-8-3-2-4-9-15-11(16-17(8)9)12-6-5-10-13-7-14-18-10/h2-4,7H,5-6H2,1H3,(H,12,16). The van der Waals surface area contributed by atoms with Gasteiger partial charge in [0, 0.05) is 18.7 Å². The fraction of sp³-hybridized carbons (Fsp3) is 0.273. The second-order valence-electron chi connectivity index (χ2n) is 3.88. The van der Waals surface area contributed by atoms with Crippen LogP contribution in [0.1, 0.15) is 11.6 Å². The largest absolute Gasteiger partial charge is 0.352 e.